The summed E-state index contributed by atoms with van der Waals surface area (Å²) < 4.78 is 12.3. The van der Waals surface area contributed by atoms with E-state index >= 15 is 0 Å². The van der Waals surface area contributed by atoms with E-state index in [-0.39, 0.29) is 17.0 Å². The minimum atomic E-state index is -0.772. The summed E-state index contributed by atoms with van der Waals surface area (Å²) in [5.74, 6) is -1.16. The molecule has 2 N–H and O–H groups in total. The van der Waals surface area contributed by atoms with Gasteiger partial charge in [-0.3, -0.25) is 4.79 Å². The molecule has 1 aromatic carbocycles. The molecule has 7 heteroatoms. The summed E-state index contributed by atoms with van der Waals surface area (Å²) in [6.45, 7) is 4.46. The van der Waals surface area contributed by atoms with Gasteiger partial charge in [0.05, 0.1) is 18.6 Å². The highest BCUT2D eigenvalue weighted by molar-refractivity contribution is 6.31. The van der Waals surface area contributed by atoms with Crippen LogP contribution in [0.15, 0.2) is 46.6 Å². The molecular weight excluding hydrogens is 380 g/mol. The number of methoxy groups -OCH3 is 1. The second kappa shape index (κ2) is 8.10. The maximum Gasteiger partial charge on any atom is 0.340 e. The number of nitrogens with zero attached hydrogens (tertiary/aromatic N) is 1. The largest absolute Gasteiger partial charge is 0.465 e. The van der Waals surface area contributed by atoms with Gasteiger partial charge in [-0.1, -0.05) is 43.1 Å². The number of hydrogen-bond acceptors (Lipinski definition) is 5. The summed E-state index contributed by atoms with van der Waals surface area (Å²) in [6.07, 6.45) is 1.61. The van der Waals surface area contributed by atoms with Crippen molar-refractivity contribution >= 4 is 17.6 Å². The molecule has 148 valence electrons. The number of carbonyl (C=O) groups is 1. The summed E-state index contributed by atoms with van der Waals surface area (Å²) in [5, 5.41) is 0.426. The van der Waals surface area contributed by atoms with E-state index in [0.29, 0.717) is 28.4 Å². The van der Waals surface area contributed by atoms with Gasteiger partial charge in [-0.25, -0.2) is 4.79 Å². The van der Waals surface area contributed by atoms with E-state index in [2.05, 4.69) is 0 Å². The Morgan fingerprint density at radius 2 is 2.04 bits per heavy atom. The summed E-state index contributed by atoms with van der Waals surface area (Å²) in [6, 6.07) is 8.89. The van der Waals surface area contributed by atoms with Crippen LogP contribution in [-0.2, 0) is 22.5 Å². The number of rotatable bonds is 5. The molecule has 1 aromatic heterocycles. The molecule has 1 aliphatic heterocycles. The van der Waals surface area contributed by atoms with Crippen LogP contribution in [0.2, 0.25) is 5.02 Å². The van der Waals surface area contributed by atoms with Crippen molar-refractivity contribution in [2.45, 2.75) is 39.2 Å². The minimum absolute atomic E-state index is 0.0751. The van der Waals surface area contributed by atoms with Gasteiger partial charge in [0.25, 0.3) is 5.56 Å². The van der Waals surface area contributed by atoms with E-state index in [1.165, 1.54) is 7.11 Å². The lowest BCUT2D eigenvalue weighted by Gasteiger charge is -2.29. The fourth-order valence-electron chi connectivity index (χ4n) is 3.66. The van der Waals surface area contributed by atoms with Crippen LogP contribution in [0.4, 0.5) is 0 Å². The van der Waals surface area contributed by atoms with E-state index in [4.69, 9.17) is 26.8 Å². The van der Waals surface area contributed by atoms with Gasteiger partial charge in [0.2, 0.25) is 5.88 Å². The van der Waals surface area contributed by atoms with Crippen LogP contribution in [0.25, 0.3) is 0 Å². The number of aromatic nitrogens is 1. The van der Waals surface area contributed by atoms with Gasteiger partial charge in [-0.05, 0) is 25.0 Å². The molecule has 0 amide bonds. The highest BCUT2D eigenvalue weighted by atomic mass is 35.5. The van der Waals surface area contributed by atoms with Crippen molar-refractivity contribution in [2.24, 2.45) is 5.73 Å². The van der Waals surface area contributed by atoms with Crippen molar-refractivity contribution in [1.82, 2.24) is 4.57 Å². The number of hydrogen-bond donors (Lipinski definition) is 1. The Hall–Kier alpha value is -2.73. The fourth-order valence-corrected chi connectivity index (χ4v) is 3.90. The molecule has 0 radical (unpaired) electrons. The Kier molecular flexibility index (Phi) is 5.79. The molecule has 0 fully saturated rings. The Morgan fingerprint density at radius 1 is 1.32 bits per heavy atom. The number of aryl methyl sites for hydroxylation is 1. The number of fused-ring (bicyclic) bond motifs is 1. The molecule has 1 atom stereocenters. The SMILES string of the molecule is CCCc1cc2c(c(=O)n1CC)C(c1ccccc1Cl)C(C(=O)OC)=C(N)O2. The molecular formula is C21H23ClN2O4. The molecule has 1 unspecified atom stereocenters. The first-order valence-electron chi connectivity index (χ1n) is 9.21. The van der Waals surface area contributed by atoms with Crippen LogP contribution < -0.4 is 16.0 Å². The molecule has 2 heterocycles. The molecule has 28 heavy (non-hydrogen) atoms. The first-order valence-corrected chi connectivity index (χ1v) is 9.59. The standard InChI is InChI=1S/C21H23ClN2O4/c1-4-8-12-11-15-17(20(25)24(12)5-2)16(13-9-6-7-10-14(13)22)18(19(23)28-15)21(26)27-3/h6-7,9-11,16H,4-5,8,23H2,1-3H3. The predicted octanol–water partition coefficient (Wildman–Crippen LogP) is 3.34. The quantitative estimate of drug-likeness (QED) is 0.775. The molecule has 0 bridgehead atoms. The number of esters is 1. The number of benzene rings is 1. The van der Waals surface area contributed by atoms with Crippen molar-refractivity contribution in [3.8, 4) is 5.75 Å². The average molecular weight is 403 g/mol. The minimum Gasteiger partial charge on any atom is -0.465 e. The van der Waals surface area contributed by atoms with Crippen LogP contribution in [0.5, 0.6) is 5.75 Å². The average Bonchev–Trinajstić information content (AvgIpc) is 2.67. The van der Waals surface area contributed by atoms with Crippen molar-refractivity contribution in [2.75, 3.05) is 7.11 Å². The molecule has 0 spiro atoms. The normalized spacial score (nSPS) is 15.8. The number of ether oxygens (including phenoxy) is 2. The lowest BCUT2D eigenvalue weighted by molar-refractivity contribution is -0.136. The van der Waals surface area contributed by atoms with Crippen molar-refractivity contribution in [3.63, 3.8) is 0 Å². The molecule has 2 aromatic rings. The summed E-state index contributed by atoms with van der Waals surface area (Å²) >= 11 is 6.43. The van der Waals surface area contributed by atoms with Gasteiger partial charge in [-0.15, -0.1) is 0 Å². The lowest BCUT2D eigenvalue weighted by atomic mass is 9.83. The number of halogens is 1. The first kappa shape index (κ1) is 20.0. The van der Waals surface area contributed by atoms with Gasteiger partial charge in [0.1, 0.15) is 11.3 Å². The molecule has 1 aliphatic rings. The molecule has 6 nitrogen and oxygen atoms in total. The monoisotopic (exact) mass is 402 g/mol. The zero-order valence-corrected chi connectivity index (χ0v) is 16.9. The molecule has 3 rings (SSSR count). The third-order valence-electron chi connectivity index (χ3n) is 4.89. The Labute approximate surface area is 168 Å². The van der Waals surface area contributed by atoms with Gasteiger partial charge in [0.15, 0.2) is 0 Å². The zero-order valence-electron chi connectivity index (χ0n) is 16.1. The van der Waals surface area contributed by atoms with Gasteiger partial charge < -0.3 is 19.8 Å². The highest BCUT2D eigenvalue weighted by Crippen LogP contribution is 2.43. The van der Waals surface area contributed by atoms with Crippen LogP contribution in [0.1, 0.15) is 43.0 Å². The van der Waals surface area contributed by atoms with Gasteiger partial charge >= 0.3 is 5.97 Å². The van der Waals surface area contributed by atoms with Crippen LogP contribution in [0, 0.1) is 0 Å². The number of nitrogens with two attached hydrogens (primary N) is 1. The second-order valence-corrected chi connectivity index (χ2v) is 6.95. The second-order valence-electron chi connectivity index (χ2n) is 6.54. The Balaban J connectivity index is 2.36. The van der Waals surface area contributed by atoms with Crippen LogP contribution >= 0.6 is 11.6 Å². The first-order chi connectivity index (χ1) is 13.4. The van der Waals surface area contributed by atoms with E-state index in [9.17, 15) is 9.59 Å². The van der Waals surface area contributed by atoms with Crippen molar-refractivity contribution < 1.29 is 14.3 Å². The molecule has 0 aliphatic carbocycles. The van der Waals surface area contributed by atoms with Crippen molar-refractivity contribution in [1.29, 1.82) is 0 Å². The maximum absolute atomic E-state index is 13.4. The van der Waals surface area contributed by atoms with Gasteiger partial charge in [0, 0.05) is 23.3 Å². The predicted molar refractivity (Wildman–Crippen MR) is 108 cm³/mol. The summed E-state index contributed by atoms with van der Waals surface area (Å²) in [5.41, 5.74) is 7.75. The lowest BCUT2D eigenvalue weighted by Crippen LogP contribution is -2.35. The van der Waals surface area contributed by atoms with E-state index in [1.54, 1.807) is 28.8 Å². The summed E-state index contributed by atoms with van der Waals surface area (Å²) in [7, 11) is 1.26. The fraction of sp³-hybridized carbons (Fsp3) is 0.333. The van der Waals surface area contributed by atoms with E-state index in [0.717, 1.165) is 18.5 Å². The summed E-state index contributed by atoms with van der Waals surface area (Å²) in [4.78, 5) is 25.9. The topological polar surface area (TPSA) is 83.5 Å². The number of carbonyl (C=O) groups excluding carboxylic acids is 1. The van der Waals surface area contributed by atoms with E-state index in [1.807, 2.05) is 19.9 Å². The van der Waals surface area contributed by atoms with Gasteiger partial charge in [-0.2, -0.15) is 0 Å². The third kappa shape index (κ3) is 3.29. The Bertz CT molecular complexity index is 1010. The molecule has 0 saturated carbocycles. The van der Waals surface area contributed by atoms with Crippen molar-refractivity contribution in [3.05, 3.63) is 74.0 Å². The smallest absolute Gasteiger partial charge is 0.340 e. The zero-order chi connectivity index (χ0) is 20.4. The van der Waals surface area contributed by atoms with Crippen LogP contribution in [-0.4, -0.2) is 17.6 Å². The Morgan fingerprint density at radius 3 is 2.64 bits per heavy atom. The number of pyridine rings is 1. The van der Waals surface area contributed by atoms with Crippen LogP contribution in [0.3, 0.4) is 0 Å². The maximum atomic E-state index is 13.4. The highest BCUT2D eigenvalue weighted by Gasteiger charge is 2.39. The van der Waals surface area contributed by atoms with E-state index < -0.39 is 11.9 Å². The molecule has 0 saturated heterocycles. The third-order valence-corrected chi connectivity index (χ3v) is 5.24.